The number of benzene rings is 2. The van der Waals surface area contributed by atoms with Gasteiger partial charge in [-0.3, -0.25) is 14.9 Å². The second kappa shape index (κ2) is 6.48. The van der Waals surface area contributed by atoms with Crippen LogP contribution in [0, 0.1) is 21.7 Å². The number of hydrogen-bond donors (Lipinski definition) is 1. The molecule has 0 aliphatic rings. The minimum absolute atomic E-state index is 0.000276. The zero-order valence-corrected chi connectivity index (χ0v) is 12.5. The molecule has 0 bridgehead atoms. The third-order valence-corrected chi connectivity index (χ3v) is 3.39. The smallest absolute Gasteiger partial charge is 0.294 e. The first-order chi connectivity index (χ1) is 12.0. The summed E-state index contributed by atoms with van der Waals surface area (Å²) in [5.74, 6) is -2.84. The molecule has 2 aromatic carbocycles. The molecule has 0 atom stereocenters. The van der Waals surface area contributed by atoms with E-state index < -0.39 is 22.5 Å². The molecule has 0 aliphatic heterocycles. The number of anilines is 1. The minimum Gasteiger partial charge on any atom is -0.322 e. The van der Waals surface area contributed by atoms with Crippen molar-refractivity contribution in [3.05, 3.63) is 82.4 Å². The summed E-state index contributed by atoms with van der Waals surface area (Å²) in [5, 5.41) is 13.6. The Bertz CT molecular complexity index is 958. The van der Waals surface area contributed by atoms with Gasteiger partial charge in [0.15, 0.2) is 11.6 Å². The molecule has 0 saturated carbocycles. The molecule has 0 unspecified atom stereocenters. The fourth-order valence-corrected chi connectivity index (χ4v) is 2.21. The highest BCUT2D eigenvalue weighted by atomic mass is 19.2. The number of carbonyl (C=O) groups excluding carboxylic acids is 1. The summed E-state index contributed by atoms with van der Waals surface area (Å²) in [4.78, 5) is 26.7. The van der Waals surface area contributed by atoms with Gasteiger partial charge >= 0.3 is 0 Å². The van der Waals surface area contributed by atoms with Crippen molar-refractivity contribution in [2.45, 2.75) is 0 Å². The highest BCUT2D eigenvalue weighted by Crippen LogP contribution is 2.25. The van der Waals surface area contributed by atoms with Crippen molar-refractivity contribution in [1.82, 2.24) is 9.55 Å². The molecule has 1 heterocycles. The Balaban J connectivity index is 1.91. The number of nitro benzene ring substituents is 1. The van der Waals surface area contributed by atoms with Crippen LogP contribution in [0.4, 0.5) is 20.2 Å². The average molecular weight is 344 g/mol. The predicted molar refractivity (Wildman–Crippen MR) is 84.5 cm³/mol. The van der Waals surface area contributed by atoms with Gasteiger partial charge in [-0.05, 0) is 24.3 Å². The number of carbonyl (C=O) groups is 1. The standard InChI is InChI=1S/C16H10F2N4O3/c17-12-3-2-11(8-13(12)18)20-16(23)10-1-4-14(15(7-10)22(24)25)21-6-5-19-9-21/h1-9H,(H,20,23). The molecule has 0 radical (unpaired) electrons. The Kier molecular flexibility index (Phi) is 4.21. The van der Waals surface area contributed by atoms with E-state index in [1.165, 1.54) is 41.5 Å². The number of amides is 1. The molecule has 1 aromatic heterocycles. The second-order valence-electron chi connectivity index (χ2n) is 5.01. The van der Waals surface area contributed by atoms with Gasteiger partial charge in [0.05, 0.1) is 11.3 Å². The van der Waals surface area contributed by atoms with Crippen molar-refractivity contribution < 1.29 is 18.5 Å². The van der Waals surface area contributed by atoms with Crippen molar-refractivity contribution >= 4 is 17.3 Å². The maximum atomic E-state index is 13.2. The molecule has 0 fully saturated rings. The number of hydrogen-bond acceptors (Lipinski definition) is 4. The number of nitrogens with zero attached hydrogens (tertiary/aromatic N) is 3. The summed E-state index contributed by atoms with van der Waals surface area (Å²) >= 11 is 0. The molecular weight excluding hydrogens is 334 g/mol. The van der Waals surface area contributed by atoms with Crippen LogP contribution in [-0.2, 0) is 0 Å². The first kappa shape index (κ1) is 16.2. The molecule has 25 heavy (non-hydrogen) atoms. The quantitative estimate of drug-likeness (QED) is 0.581. The summed E-state index contributed by atoms with van der Waals surface area (Å²) in [7, 11) is 0. The number of rotatable bonds is 4. The fraction of sp³-hybridized carbons (Fsp3) is 0. The largest absolute Gasteiger partial charge is 0.322 e. The Morgan fingerprint density at radius 1 is 1.16 bits per heavy atom. The first-order valence-corrected chi connectivity index (χ1v) is 6.99. The van der Waals surface area contributed by atoms with Gasteiger partial charge in [0.25, 0.3) is 11.6 Å². The molecule has 1 N–H and O–H groups in total. The summed E-state index contributed by atoms with van der Waals surface area (Å²) in [6, 6.07) is 6.77. The van der Waals surface area contributed by atoms with E-state index in [9.17, 15) is 23.7 Å². The molecule has 0 spiro atoms. The van der Waals surface area contributed by atoms with Crippen LogP contribution in [0.1, 0.15) is 10.4 Å². The molecule has 1 amide bonds. The Labute approximate surface area is 139 Å². The maximum absolute atomic E-state index is 13.2. The van der Waals surface area contributed by atoms with E-state index in [2.05, 4.69) is 10.3 Å². The van der Waals surface area contributed by atoms with Crippen molar-refractivity contribution in [3.8, 4) is 5.69 Å². The van der Waals surface area contributed by atoms with Gasteiger partial charge in [-0.2, -0.15) is 0 Å². The predicted octanol–water partition coefficient (Wildman–Crippen LogP) is 3.31. The van der Waals surface area contributed by atoms with E-state index in [4.69, 9.17) is 0 Å². The van der Waals surface area contributed by atoms with Crippen LogP contribution in [0.2, 0.25) is 0 Å². The second-order valence-corrected chi connectivity index (χ2v) is 5.01. The van der Waals surface area contributed by atoms with E-state index in [1.54, 1.807) is 0 Å². The third-order valence-electron chi connectivity index (χ3n) is 3.39. The molecule has 7 nitrogen and oxygen atoms in total. The van der Waals surface area contributed by atoms with Gasteiger partial charge in [-0.25, -0.2) is 13.8 Å². The van der Waals surface area contributed by atoms with E-state index in [0.717, 1.165) is 18.2 Å². The number of imidazole rings is 1. The number of aromatic nitrogens is 2. The molecule has 126 valence electrons. The van der Waals surface area contributed by atoms with Gasteiger partial charge in [0.1, 0.15) is 5.69 Å². The lowest BCUT2D eigenvalue weighted by Gasteiger charge is -2.08. The Morgan fingerprint density at radius 3 is 2.60 bits per heavy atom. The number of nitrogens with one attached hydrogen (secondary N) is 1. The highest BCUT2D eigenvalue weighted by molar-refractivity contribution is 6.04. The Morgan fingerprint density at radius 2 is 1.96 bits per heavy atom. The lowest BCUT2D eigenvalue weighted by Crippen LogP contribution is -2.13. The molecule has 0 aliphatic carbocycles. The van der Waals surface area contributed by atoms with E-state index in [0.29, 0.717) is 0 Å². The molecule has 3 aromatic rings. The minimum atomic E-state index is -1.11. The fourth-order valence-electron chi connectivity index (χ4n) is 2.21. The monoisotopic (exact) mass is 344 g/mol. The van der Waals surface area contributed by atoms with Crippen molar-refractivity contribution in [2.75, 3.05) is 5.32 Å². The van der Waals surface area contributed by atoms with Crippen LogP contribution in [0.3, 0.4) is 0 Å². The van der Waals surface area contributed by atoms with E-state index in [1.807, 2.05) is 0 Å². The van der Waals surface area contributed by atoms with E-state index in [-0.39, 0.29) is 22.6 Å². The number of nitro groups is 1. The van der Waals surface area contributed by atoms with Crippen LogP contribution >= 0.6 is 0 Å². The van der Waals surface area contributed by atoms with Gasteiger partial charge in [-0.1, -0.05) is 0 Å². The summed E-state index contributed by atoms with van der Waals surface area (Å²) in [5.41, 5.74) is -0.0200. The lowest BCUT2D eigenvalue weighted by molar-refractivity contribution is -0.384. The van der Waals surface area contributed by atoms with Crippen LogP contribution < -0.4 is 5.32 Å². The average Bonchev–Trinajstić information content (AvgIpc) is 3.12. The van der Waals surface area contributed by atoms with Crippen LogP contribution in [0.15, 0.2) is 55.1 Å². The summed E-state index contributed by atoms with van der Waals surface area (Å²) in [6.45, 7) is 0. The van der Waals surface area contributed by atoms with Crippen molar-refractivity contribution in [1.29, 1.82) is 0 Å². The summed E-state index contributed by atoms with van der Waals surface area (Å²) in [6.07, 6.45) is 4.39. The first-order valence-electron chi connectivity index (χ1n) is 6.99. The molecule has 0 saturated heterocycles. The topological polar surface area (TPSA) is 90.1 Å². The van der Waals surface area contributed by atoms with Gasteiger partial charge in [0.2, 0.25) is 0 Å². The van der Waals surface area contributed by atoms with Crippen LogP contribution in [0.25, 0.3) is 5.69 Å². The van der Waals surface area contributed by atoms with E-state index >= 15 is 0 Å². The number of halogens is 2. The highest BCUT2D eigenvalue weighted by Gasteiger charge is 2.19. The zero-order chi connectivity index (χ0) is 18.0. The van der Waals surface area contributed by atoms with Crippen LogP contribution in [0.5, 0.6) is 0 Å². The van der Waals surface area contributed by atoms with Gasteiger partial charge in [-0.15, -0.1) is 0 Å². The SMILES string of the molecule is O=C(Nc1ccc(F)c(F)c1)c1ccc(-n2ccnc2)c([N+](=O)[O-])c1. The van der Waals surface area contributed by atoms with Crippen molar-refractivity contribution in [3.63, 3.8) is 0 Å². The normalized spacial score (nSPS) is 10.5. The molecule has 3 rings (SSSR count). The zero-order valence-electron chi connectivity index (χ0n) is 12.5. The lowest BCUT2D eigenvalue weighted by atomic mass is 10.1. The van der Waals surface area contributed by atoms with Crippen LogP contribution in [-0.4, -0.2) is 20.4 Å². The molecular formula is C16H10F2N4O3. The summed E-state index contributed by atoms with van der Waals surface area (Å²) < 4.78 is 27.5. The van der Waals surface area contributed by atoms with Gasteiger partial charge < -0.3 is 9.88 Å². The van der Waals surface area contributed by atoms with Crippen molar-refractivity contribution in [2.24, 2.45) is 0 Å². The van der Waals surface area contributed by atoms with Gasteiger partial charge in [0, 0.05) is 35.8 Å². The Hall–Kier alpha value is -3.62. The maximum Gasteiger partial charge on any atom is 0.294 e. The molecule has 9 heteroatoms. The third kappa shape index (κ3) is 3.34.